The van der Waals surface area contributed by atoms with Crippen LogP contribution >= 0.6 is 22.7 Å². The Morgan fingerprint density at radius 1 is 1.38 bits per heavy atom. The number of rotatable bonds is 6. The molecule has 6 nitrogen and oxygen atoms in total. The number of aryl methyl sites for hydroxylation is 1. The molecule has 0 saturated heterocycles. The van der Waals surface area contributed by atoms with Crippen LogP contribution < -0.4 is 10.6 Å². The topological polar surface area (TPSA) is 76.1 Å². The molecule has 1 unspecified atom stereocenters. The second-order valence-electron chi connectivity index (χ2n) is 4.42. The third-order valence-electron chi connectivity index (χ3n) is 2.73. The summed E-state index contributed by atoms with van der Waals surface area (Å²) in [5.41, 5.74) is 1.68. The molecule has 21 heavy (non-hydrogen) atoms. The fraction of sp³-hybridized carbons (Fsp3) is 0.462. The number of aromatic nitrogens is 2. The molecule has 0 fully saturated rings. The van der Waals surface area contributed by atoms with Gasteiger partial charge in [0.25, 0.3) is 0 Å². The van der Waals surface area contributed by atoms with E-state index in [4.69, 9.17) is 4.74 Å². The fourth-order valence-electron chi connectivity index (χ4n) is 1.67. The summed E-state index contributed by atoms with van der Waals surface area (Å²) in [7, 11) is 1.61. The summed E-state index contributed by atoms with van der Waals surface area (Å²) in [5, 5.41) is 11.0. The zero-order chi connectivity index (χ0) is 15.2. The van der Waals surface area contributed by atoms with Crippen LogP contribution in [0.1, 0.15) is 36.3 Å². The van der Waals surface area contributed by atoms with E-state index < -0.39 is 0 Å². The van der Waals surface area contributed by atoms with Crippen molar-refractivity contribution >= 4 is 33.8 Å². The molecule has 0 spiro atoms. The lowest BCUT2D eigenvalue weighted by molar-refractivity contribution is 0.182. The summed E-state index contributed by atoms with van der Waals surface area (Å²) in [6, 6.07) is -0.424. The van der Waals surface area contributed by atoms with Crippen LogP contribution in [-0.4, -0.2) is 23.1 Å². The summed E-state index contributed by atoms with van der Waals surface area (Å²) in [4.78, 5) is 20.6. The minimum atomic E-state index is -0.285. The van der Waals surface area contributed by atoms with Crippen LogP contribution in [0.2, 0.25) is 0 Å². The number of carbonyl (C=O) groups is 1. The molecule has 2 aromatic rings. The standard InChI is InChI=1S/C13H18N4O2S2/c1-4-11-16-10(7-20-11)8(2)14-12(18)17-13-15-9(5-19-3)6-21-13/h6-8H,4-5H2,1-3H3,(H2,14,15,17,18). The Labute approximate surface area is 131 Å². The van der Waals surface area contributed by atoms with Crippen molar-refractivity contribution in [3.63, 3.8) is 0 Å². The molecule has 2 N–H and O–H groups in total. The van der Waals surface area contributed by atoms with Crippen molar-refractivity contribution in [2.24, 2.45) is 0 Å². The number of anilines is 1. The van der Waals surface area contributed by atoms with Crippen molar-refractivity contribution in [1.82, 2.24) is 15.3 Å². The van der Waals surface area contributed by atoms with E-state index in [9.17, 15) is 4.79 Å². The number of nitrogens with one attached hydrogen (secondary N) is 2. The zero-order valence-corrected chi connectivity index (χ0v) is 13.8. The molecule has 0 radical (unpaired) electrons. The highest BCUT2D eigenvalue weighted by molar-refractivity contribution is 7.13. The van der Waals surface area contributed by atoms with E-state index in [0.717, 1.165) is 22.8 Å². The van der Waals surface area contributed by atoms with Crippen LogP contribution in [0.3, 0.4) is 0 Å². The molecular weight excluding hydrogens is 308 g/mol. The quantitative estimate of drug-likeness (QED) is 0.855. The molecule has 0 aliphatic rings. The van der Waals surface area contributed by atoms with Gasteiger partial charge in [-0.3, -0.25) is 5.32 Å². The smallest absolute Gasteiger partial charge is 0.321 e. The maximum absolute atomic E-state index is 11.9. The van der Waals surface area contributed by atoms with Gasteiger partial charge in [0.2, 0.25) is 0 Å². The van der Waals surface area contributed by atoms with Gasteiger partial charge in [0, 0.05) is 17.9 Å². The van der Waals surface area contributed by atoms with E-state index in [1.54, 1.807) is 18.4 Å². The Morgan fingerprint density at radius 2 is 2.19 bits per heavy atom. The summed E-state index contributed by atoms with van der Waals surface area (Å²) >= 11 is 2.98. The zero-order valence-electron chi connectivity index (χ0n) is 12.2. The number of amides is 2. The second-order valence-corrected chi connectivity index (χ2v) is 6.22. The predicted molar refractivity (Wildman–Crippen MR) is 84.9 cm³/mol. The van der Waals surface area contributed by atoms with E-state index in [1.807, 2.05) is 17.7 Å². The first-order chi connectivity index (χ1) is 10.1. The molecule has 0 aromatic carbocycles. The van der Waals surface area contributed by atoms with Crippen molar-refractivity contribution < 1.29 is 9.53 Å². The van der Waals surface area contributed by atoms with Crippen LogP contribution in [0.15, 0.2) is 10.8 Å². The van der Waals surface area contributed by atoms with Gasteiger partial charge in [-0.25, -0.2) is 14.8 Å². The van der Waals surface area contributed by atoms with Crippen molar-refractivity contribution in [3.05, 3.63) is 27.2 Å². The Morgan fingerprint density at radius 3 is 2.86 bits per heavy atom. The molecule has 2 amide bonds. The van der Waals surface area contributed by atoms with E-state index >= 15 is 0 Å². The second kappa shape index (κ2) is 7.48. The van der Waals surface area contributed by atoms with E-state index in [1.165, 1.54) is 11.3 Å². The predicted octanol–water partition coefficient (Wildman–Crippen LogP) is 3.19. The first kappa shape index (κ1) is 15.9. The number of carbonyl (C=O) groups excluding carboxylic acids is 1. The summed E-state index contributed by atoms with van der Waals surface area (Å²) < 4.78 is 4.99. The van der Waals surface area contributed by atoms with Gasteiger partial charge in [-0.2, -0.15) is 0 Å². The Kier molecular flexibility index (Phi) is 5.66. The molecule has 0 aliphatic heterocycles. The van der Waals surface area contributed by atoms with Crippen LogP contribution in [0.25, 0.3) is 0 Å². The average molecular weight is 326 g/mol. The third kappa shape index (κ3) is 4.48. The van der Waals surface area contributed by atoms with Gasteiger partial charge in [-0.1, -0.05) is 6.92 Å². The maximum Gasteiger partial charge on any atom is 0.321 e. The van der Waals surface area contributed by atoms with Crippen molar-refractivity contribution in [3.8, 4) is 0 Å². The van der Waals surface area contributed by atoms with Gasteiger partial charge in [0.15, 0.2) is 5.13 Å². The minimum Gasteiger partial charge on any atom is -0.378 e. The maximum atomic E-state index is 11.9. The fourth-order valence-corrected chi connectivity index (χ4v) is 3.20. The lowest BCUT2D eigenvalue weighted by atomic mass is 10.3. The van der Waals surface area contributed by atoms with Crippen LogP contribution in [-0.2, 0) is 17.8 Å². The first-order valence-corrected chi connectivity index (χ1v) is 8.33. The van der Waals surface area contributed by atoms with Crippen molar-refractivity contribution in [2.45, 2.75) is 32.9 Å². The minimum absolute atomic E-state index is 0.139. The molecule has 114 valence electrons. The number of methoxy groups -OCH3 is 1. The van der Waals surface area contributed by atoms with Crippen molar-refractivity contribution in [1.29, 1.82) is 0 Å². The average Bonchev–Trinajstić information content (AvgIpc) is 3.08. The number of ether oxygens (including phenoxy) is 1. The van der Waals surface area contributed by atoms with E-state index in [0.29, 0.717) is 11.7 Å². The van der Waals surface area contributed by atoms with Crippen LogP contribution in [0.5, 0.6) is 0 Å². The summed E-state index contributed by atoms with van der Waals surface area (Å²) in [5.74, 6) is 0. The van der Waals surface area contributed by atoms with Gasteiger partial charge in [-0.15, -0.1) is 22.7 Å². The Bertz CT molecular complexity index is 597. The Balaban J connectivity index is 1.88. The highest BCUT2D eigenvalue weighted by Crippen LogP contribution is 2.18. The number of urea groups is 1. The molecule has 0 aliphatic carbocycles. The number of thiazole rings is 2. The SMILES string of the molecule is CCc1nc(C(C)NC(=O)Nc2nc(COC)cs2)cs1. The number of hydrogen-bond acceptors (Lipinski definition) is 6. The van der Waals surface area contributed by atoms with Crippen molar-refractivity contribution in [2.75, 3.05) is 12.4 Å². The number of hydrogen-bond donors (Lipinski definition) is 2. The molecule has 2 rings (SSSR count). The molecule has 0 bridgehead atoms. The normalized spacial score (nSPS) is 12.1. The Hall–Kier alpha value is -1.51. The molecular formula is C13H18N4O2S2. The highest BCUT2D eigenvalue weighted by Gasteiger charge is 2.13. The van der Waals surface area contributed by atoms with E-state index in [-0.39, 0.29) is 12.1 Å². The van der Waals surface area contributed by atoms with Crippen LogP contribution in [0, 0.1) is 0 Å². The van der Waals surface area contributed by atoms with Gasteiger partial charge in [0.1, 0.15) is 0 Å². The monoisotopic (exact) mass is 326 g/mol. The lowest BCUT2D eigenvalue weighted by Gasteiger charge is -2.11. The van der Waals surface area contributed by atoms with Gasteiger partial charge in [0.05, 0.1) is 29.0 Å². The molecule has 8 heteroatoms. The molecule has 2 heterocycles. The summed E-state index contributed by atoms with van der Waals surface area (Å²) in [6.45, 7) is 4.41. The third-order valence-corrected chi connectivity index (χ3v) is 4.55. The van der Waals surface area contributed by atoms with Gasteiger partial charge < -0.3 is 10.1 Å². The molecule has 0 saturated carbocycles. The van der Waals surface area contributed by atoms with Gasteiger partial charge >= 0.3 is 6.03 Å². The lowest BCUT2D eigenvalue weighted by Crippen LogP contribution is -2.31. The van der Waals surface area contributed by atoms with Crippen LogP contribution in [0.4, 0.5) is 9.93 Å². The largest absolute Gasteiger partial charge is 0.378 e. The molecule has 1 atom stereocenters. The number of nitrogens with zero attached hydrogens (tertiary/aromatic N) is 2. The first-order valence-electron chi connectivity index (χ1n) is 6.57. The van der Waals surface area contributed by atoms with Gasteiger partial charge in [-0.05, 0) is 13.3 Å². The van der Waals surface area contributed by atoms with E-state index in [2.05, 4.69) is 27.5 Å². The molecule has 2 aromatic heterocycles. The highest BCUT2D eigenvalue weighted by atomic mass is 32.1. The summed E-state index contributed by atoms with van der Waals surface area (Å²) in [6.07, 6.45) is 0.908.